The average molecular weight is 490 g/mol. The van der Waals surface area contributed by atoms with Gasteiger partial charge in [-0.1, -0.05) is 0 Å². The lowest BCUT2D eigenvalue weighted by atomic mass is 9.84. The third-order valence-corrected chi connectivity index (χ3v) is 7.50. The molecular weight excluding hydrogens is 454 g/mol. The Morgan fingerprint density at radius 1 is 1.15 bits per heavy atom. The Labute approximate surface area is 204 Å². The molecule has 2 aromatic heterocycles. The lowest BCUT2D eigenvalue weighted by Crippen LogP contribution is -2.42. The molecule has 186 valence electrons. The Hall–Kier alpha value is -2.42. The maximum Gasteiger partial charge on any atom is 0.407 e. The van der Waals surface area contributed by atoms with Crippen LogP contribution < -0.4 is 10.1 Å². The highest BCUT2D eigenvalue weighted by Crippen LogP contribution is 2.46. The molecule has 2 aliphatic rings. The van der Waals surface area contributed by atoms with Gasteiger partial charge in [0.1, 0.15) is 22.9 Å². The maximum absolute atomic E-state index is 12.2. The van der Waals surface area contributed by atoms with Gasteiger partial charge in [-0.2, -0.15) is 0 Å². The van der Waals surface area contributed by atoms with Gasteiger partial charge < -0.3 is 19.5 Å². The summed E-state index contributed by atoms with van der Waals surface area (Å²) in [6, 6.07) is 0.0861. The molecule has 1 N–H and O–H groups in total. The summed E-state index contributed by atoms with van der Waals surface area (Å²) in [5, 5.41) is 3.94. The zero-order valence-electron chi connectivity index (χ0n) is 20.5. The molecule has 2 aromatic rings. The van der Waals surface area contributed by atoms with Crippen LogP contribution in [0.3, 0.4) is 0 Å². The molecule has 2 heterocycles. The number of hydrogen-bond donors (Lipinski definition) is 1. The number of thiophene rings is 1. The van der Waals surface area contributed by atoms with E-state index in [1.54, 1.807) is 17.7 Å². The highest BCUT2D eigenvalue weighted by Gasteiger charge is 2.31. The Morgan fingerprint density at radius 2 is 1.91 bits per heavy atom. The van der Waals surface area contributed by atoms with Crippen molar-refractivity contribution >= 4 is 33.6 Å². The van der Waals surface area contributed by atoms with Crippen molar-refractivity contribution in [3.63, 3.8) is 0 Å². The van der Waals surface area contributed by atoms with Crippen molar-refractivity contribution in [1.29, 1.82) is 0 Å². The highest BCUT2D eigenvalue weighted by atomic mass is 32.1. The molecule has 0 bridgehead atoms. The summed E-state index contributed by atoms with van der Waals surface area (Å²) in [5.41, 5.74) is 0.670. The van der Waals surface area contributed by atoms with Crippen LogP contribution in [-0.4, -0.2) is 46.4 Å². The summed E-state index contributed by atoms with van der Waals surface area (Å²) in [6.07, 6.45) is 7.90. The minimum absolute atomic E-state index is 0.0254. The number of alkyl carbamates (subject to hydrolysis) is 1. The summed E-state index contributed by atoms with van der Waals surface area (Å²) < 4.78 is 17.0. The van der Waals surface area contributed by atoms with E-state index in [9.17, 15) is 9.59 Å². The van der Waals surface area contributed by atoms with Gasteiger partial charge in [0.05, 0.1) is 18.4 Å². The monoisotopic (exact) mass is 489 g/mol. The third-order valence-electron chi connectivity index (χ3n) is 6.32. The van der Waals surface area contributed by atoms with Crippen molar-refractivity contribution in [2.24, 2.45) is 0 Å². The van der Waals surface area contributed by atoms with E-state index in [1.807, 2.05) is 27.7 Å². The number of amides is 1. The molecule has 0 spiro atoms. The maximum atomic E-state index is 12.2. The van der Waals surface area contributed by atoms with Crippen LogP contribution in [0.15, 0.2) is 6.33 Å². The average Bonchev–Trinajstić information content (AvgIpc) is 3.14. The largest absolute Gasteiger partial charge is 0.474 e. The van der Waals surface area contributed by atoms with E-state index in [4.69, 9.17) is 14.2 Å². The van der Waals surface area contributed by atoms with Crippen molar-refractivity contribution in [2.75, 3.05) is 6.61 Å². The number of aromatic nitrogens is 2. The van der Waals surface area contributed by atoms with Gasteiger partial charge in [0.15, 0.2) is 0 Å². The fourth-order valence-electron chi connectivity index (χ4n) is 4.92. The number of carbonyl (C=O) groups excluding carboxylic acids is 2. The number of carbonyl (C=O) groups is 2. The second kappa shape index (κ2) is 10.5. The van der Waals surface area contributed by atoms with Crippen molar-refractivity contribution in [2.45, 2.75) is 103 Å². The molecular formula is C25H35N3O5S. The molecule has 1 atom stereocenters. The van der Waals surface area contributed by atoms with Crippen LogP contribution in [-0.2, 0) is 20.7 Å². The van der Waals surface area contributed by atoms with E-state index in [0.29, 0.717) is 18.9 Å². The molecule has 1 saturated carbocycles. The van der Waals surface area contributed by atoms with Crippen LogP contribution in [0.4, 0.5) is 4.79 Å². The SMILES string of the molecule is CCOC(=O)C[C@H]1CCCc2sc3ncnc(OC4CCC(NC(=O)OC(C)(C)C)CC4)c3c21. The number of ether oxygens (including phenoxy) is 3. The number of aryl methyl sites for hydroxylation is 1. The quantitative estimate of drug-likeness (QED) is 0.551. The second-order valence-electron chi connectivity index (χ2n) is 10.1. The molecule has 2 aliphatic carbocycles. The predicted molar refractivity (Wildman–Crippen MR) is 130 cm³/mol. The number of hydrogen-bond acceptors (Lipinski definition) is 8. The molecule has 4 rings (SSSR count). The van der Waals surface area contributed by atoms with Gasteiger partial charge in [-0.05, 0) is 84.1 Å². The topological polar surface area (TPSA) is 99.6 Å². The van der Waals surface area contributed by atoms with Crippen molar-refractivity contribution in [3.05, 3.63) is 16.8 Å². The summed E-state index contributed by atoms with van der Waals surface area (Å²) in [6.45, 7) is 7.81. The fourth-order valence-corrected chi connectivity index (χ4v) is 6.17. The number of nitrogens with zero attached hydrogens (tertiary/aromatic N) is 2. The smallest absolute Gasteiger partial charge is 0.407 e. The molecule has 0 unspecified atom stereocenters. The van der Waals surface area contributed by atoms with Crippen LogP contribution in [0.25, 0.3) is 10.2 Å². The first kappa shape index (κ1) is 24.7. The molecule has 1 amide bonds. The minimum atomic E-state index is -0.506. The highest BCUT2D eigenvalue weighted by molar-refractivity contribution is 7.18. The first-order valence-electron chi connectivity index (χ1n) is 12.3. The van der Waals surface area contributed by atoms with Gasteiger partial charge in [-0.3, -0.25) is 4.79 Å². The lowest BCUT2D eigenvalue weighted by molar-refractivity contribution is -0.143. The summed E-state index contributed by atoms with van der Waals surface area (Å²) in [5.74, 6) is 0.565. The van der Waals surface area contributed by atoms with Gasteiger partial charge in [0.2, 0.25) is 5.88 Å². The van der Waals surface area contributed by atoms with E-state index in [-0.39, 0.29) is 30.1 Å². The number of esters is 1. The first-order chi connectivity index (χ1) is 16.2. The van der Waals surface area contributed by atoms with E-state index < -0.39 is 5.60 Å². The fraction of sp³-hybridized carbons (Fsp3) is 0.680. The lowest BCUT2D eigenvalue weighted by Gasteiger charge is -2.30. The standard InChI is InChI=1S/C25H35N3O5S/c1-5-31-19(29)13-15-7-6-8-18-20(15)21-22(26-14-27-23(21)34-18)32-17-11-9-16(10-12-17)28-24(30)33-25(2,3)4/h14-17H,5-13H2,1-4H3,(H,28,30)/t15-,16?,17?/m1/s1. The molecule has 34 heavy (non-hydrogen) atoms. The third kappa shape index (κ3) is 5.98. The Bertz CT molecular complexity index is 1020. The van der Waals surface area contributed by atoms with Gasteiger partial charge in [0, 0.05) is 10.9 Å². The molecule has 0 aliphatic heterocycles. The van der Waals surface area contributed by atoms with Crippen molar-refractivity contribution in [1.82, 2.24) is 15.3 Å². The normalized spacial score (nSPS) is 22.6. The van der Waals surface area contributed by atoms with Crippen LogP contribution in [0.5, 0.6) is 5.88 Å². The Kier molecular flexibility index (Phi) is 7.60. The van der Waals surface area contributed by atoms with Gasteiger partial charge in [-0.15, -0.1) is 11.3 Å². The van der Waals surface area contributed by atoms with Crippen LogP contribution in [0.1, 0.15) is 89.0 Å². The zero-order valence-corrected chi connectivity index (χ0v) is 21.3. The number of nitrogens with one attached hydrogen (secondary N) is 1. The molecule has 0 aromatic carbocycles. The summed E-state index contributed by atoms with van der Waals surface area (Å²) >= 11 is 1.69. The molecule has 0 radical (unpaired) electrons. The number of rotatable bonds is 6. The molecule has 9 heteroatoms. The predicted octanol–water partition coefficient (Wildman–Crippen LogP) is 5.28. The van der Waals surface area contributed by atoms with Crippen LogP contribution >= 0.6 is 11.3 Å². The van der Waals surface area contributed by atoms with Crippen molar-refractivity contribution < 1.29 is 23.8 Å². The minimum Gasteiger partial charge on any atom is -0.474 e. The Morgan fingerprint density at radius 3 is 2.62 bits per heavy atom. The van der Waals surface area contributed by atoms with Gasteiger partial charge >= 0.3 is 12.1 Å². The van der Waals surface area contributed by atoms with Gasteiger partial charge in [-0.25, -0.2) is 14.8 Å². The Balaban J connectivity index is 1.45. The second-order valence-corrected chi connectivity index (χ2v) is 11.2. The summed E-state index contributed by atoms with van der Waals surface area (Å²) in [4.78, 5) is 35.6. The van der Waals surface area contributed by atoms with E-state index >= 15 is 0 Å². The van der Waals surface area contributed by atoms with Crippen molar-refractivity contribution in [3.8, 4) is 5.88 Å². The summed E-state index contributed by atoms with van der Waals surface area (Å²) in [7, 11) is 0. The van der Waals surface area contributed by atoms with E-state index in [2.05, 4.69) is 15.3 Å². The molecule has 0 saturated heterocycles. The van der Waals surface area contributed by atoms with Gasteiger partial charge in [0.25, 0.3) is 0 Å². The van der Waals surface area contributed by atoms with E-state index in [0.717, 1.165) is 55.2 Å². The first-order valence-corrected chi connectivity index (χ1v) is 13.1. The molecule has 8 nitrogen and oxygen atoms in total. The number of fused-ring (bicyclic) bond motifs is 3. The van der Waals surface area contributed by atoms with Crippen LogP contribution in [0.2, 0.25) is 0 Å². The van der Waals surface area contributed by atoms with E-state index in [1.165, 1.54) is 10.4 Å². The van der Waals surface area contributed by atoms with Crippen LogP contribution in [0, 0.1) is 0 Å². The zero-order chi connectivity index (χ0) is 24.3. The molecule has 1 fully saturated rings.